The van der Waals surface area contributed by atoms with Crippen LogP contribution in [0.5, 0.6) is 11.5 Å². The number of hydrogen-bond acceptors (Lipinski definition) is 6. The fourth-order valence-corrected chi connectivity index (χ4v) is 4.78. The van der Waals surface area contributed by atoms with Crippen molar-refractivity contribution >= 4 is 35.2 Å². The van der Waals surface area contributed by atoms with Crippen molar-refractivity contribution in [3.8, 4) is 11.5 Å². The van der Waals surface area contributed by atoms with Crippen molar-refractivity contribution in [2.45, 2.75) is 34.1 Å². The van der Waals surface area contributed by atoms with Crippen LogP contribution >= 0.6 is 0 Å². The summed E-state index contributed by atoms with van der Waals surface area (Å²) < 4.78 is 0. The zero-order valence-electron chi connectivity index (χ0n) is 24.5. The van der Waals surface area contributed by atoms with Crippen LogP contribution in [0.3, 0.4) is 0 Å². The minimum Gasteiger partial charge on any atom is -0.507 e. The summed E-state index contributed by atoms with van der Waals surface area (Å²) in [6.07, 6.45) is 4.21. The van der Waals surface area contributed by atoms with E-state index in [1.54, 1.807) is 24.6 Å². The molecule has 0 saturated heterocycles. The summed E-state index contributed by atoms with van der Waals surface area (Å²) in [6.45, 7) is 12.0. The fourth-order valence-electron chi connectivity index (χ4n) is 4.78. The Bertz CT molecular complexity index is 1360. The highest BCUT2D eigenvalue weighted by Gasteiger charge is 2.07. The van der Waals surface area contributed by atoms with Crippen LogP contribution < -0.4 is 9.80 Å². The molecule has 0 amide bonds. The molecule has 0 fully saturated rings. The summed E-state index contributed by atoms with van der Waals surface area (Å²) in [5, 5.41) is 20.9. The molecule has 4 aromatic rings. The maximum atomic E-state index is 10.4. The smallest absolute Gasteiger partial charge is 0.126 e. The number of benzene rings is 4. The average Bonchev–Trinajstić information content (AvgIpc) is 2.99. The number of anilines is 2. The van der Waals surface area contributed by atoms with E-state index in [2.05, 4.69) is 71.7 Å². The molecule has 4 aromatic carbocycles. The Balaban J connectivity index is 1.35. The van der Waals surface area contributed by atoms with E-state index in [-0.39, 0.29) is 11.5 Å². The summed E-state index contributed by atoms with van der Waals surface area (Å²) in [4.78, 5) is 13.5. The van der Waals surface area contributed by atoms with E-state index >= 15 is 0 Å². The standard InChI is InChI=1S/C35H40N4O2/c1-5-38(6-2)32-19-13-28(34(40)22-32)24-36-30-15-9-26(10-16-30)21-27-11-17-31(18-12-27)37-25-29-14-20-33(23-35(29)41)39(7-3)8-4/h9-20,22-25,40-41H,5-8,21H2,1-4H3. The minimum atomic E-state index is 0.229. The van der Waals surface area contributed by atoms with Gasteiger partial charge in [-0.15, -0.1) is 0 Å². The molecule has 0 aliphatic heterocycles. The van der Waals surface area contributed by atoms with Gasteiger partial charge in [0.25, 0.3) is 0 Å². The van der Waals surface area contributed by atoms with Crippen molar-refractivity contribution in [3.05, 3.63) is 107 Å². The lowest BCUT2D eigenvalue weighted by atomic mass is 10.0. The van der Waals surface area contributed by atoms with E-state index < -0.39 is 0 Å². The summed E-state index contributed by atoms with van der Waals surface area (Å²) in [5.74, 6) is 0.458. The van der Waals surface area contributed by atoms with E-state index in [4.69, 9.17) is 0 Å². The molecule has 0 radical (unpaired) electrons. The SMILES string of the molecule is CCN(CC)c1ccc(C=Nc2ccc(Cc3ccc(N=Cc4ccc(N(CC)CC)cc4O)cc3)cc2)c(O)c1. The summed E-state index contributed by atoms with van der Waals surface area (Å²) >= 11 is 0. The zero-order valence-corrected chi connectivity index (χ0v) is 24.5. The molecule has 6 nitrogen and oxygen atoms in total. The second kappa shape index (κ2) is 14.2. The van der Waals surface area contributed by atoms with Gasteiger partial charge in [-0.25, -0.2) is 0 Å². The molecule has 2 N–H and O–H groups in total. The molecule has 4 rings (SSSR count). The molecule has 0 aromatic heterocycles. The predicted octanol–water partition coefficient (Wildman–Crippen LogP) is 7.88. The van der Waals surface area contributed by atoms with Gasteiger partial charge in [0, 0.05) is 73.2 Å². The van der Waals surface area contributed by atoms with E-state index in [1.165, 1.54) is 11.1 Å². The van der Waals surface area contributed by atoms with Crippen LogP contribution in [0.4, 0.5) is 22.7 Å². The van der Waals surface area contributed by atoms with Crippen LogP contribution in [0, 0.1) is 0 Å². The van der Waals surface area contributed by atoms with Crippen LogP contribution in [0.1, 0.15) is 49.9 Å². The number of aromatic hydroxyl groups is 2. The molecular weight excluding hydrogens is 508 g/mol. The minimum absolute atomic E-state index is 0.229. The molecule has 0 aliphatic rings. The van der Waals surface area contributed by atoms with Gasteiger partial charge in [0.2, 0.25) is 0 Å². The quantitative estimate of drug-likeness (QED) is 0.177. The summed E-state index contributed by atoms with van der Waals surface area (Å²) in [7, 11) is 0. The fraction of sp³-hybridized carbons (Fsp3) is 0.257. The van der Waals surface area contributed by atoms with Crippen LogP contribution in [0.2, 0.25) is 0 Å². The van der Waals surface area contributed by atoms with Crippen molar-refractivity contribution in [1.82, 2.24) is 0 Å². The van der Waals surface area contributed by atoms with E-state index in [9.17, 15) is 10.2 Å². The zero-order chi connectivity index (χ0) is 29.2. The predicted molar refractivity (Wildman–Crippen MR) is 174 cm³/mol. The molecule has 0 aliphatic carbocycles. The molecule has 0 spiro atoms. The molecule has 0 bridgehead atoms. The lowest BCUT2D eigenvalue weighted by Gasteiger charge is -2.21. The van der Waals surface area contributed by atoms with Gasteiger partial charge < -0.3 is 20.0 Å². The Hall–Kier alpha value is -4.58. The molecule has 0 heterocycles. The Labute approximate surface area is 244 Å². The lowest BCUT2D eigenvalue weighted by molar-refractivity contribution is 0.474. The van der Waals surface area contributed by atoms with Crippen LogP contribution in [-0.4, -0.2) is 48.8 Å². The molecule has 41 heavy (non-hydrogen) atoms. The third-order valence-corrected chi connectivity index (χ3v) is 7.27. The van der Waals surface area contributed by atoms with Crippen molar-refractivity contribution in [2.75, 3.05) is 36.0 Å². The van der Waals surface area contributed by atoms with E-state index in [0.29, 0.717) is 11.1 Å². The summed E-state index contributed by atoms with van der Waals surface area (Å²) in [5.41, 5.74) is 7.44. The van der Waals surface area contributed by atoms with Gasteiger partial charge in [-0.3, -0.25) is 9.98 Å². The van der Waals surface area contributed by atoms with E-state index in [1.807, 2.05) is 48.5 Å². The van der Waals surface area contributed by atoms with Gasteiger partial charge in [-0.1, -0.05) is 24.3 Å². The van der Waals surface area contributed by atoms with Gasteiger partial charge >= 0.3 is 0 Å². The number of phenols is 2. The molecule has 0 atom stereocenters. The number of phenolic OH excluding ortho intramolecular Hbond substituents is 2. The highest BCUT2D eigenvalue weighted by atomic mass is 16.3. The molecule has 0 saturated carbocycles. The van der Waals surface area contributed by atoms with Crippen LogP contribution in [0.15, 0.2) is 94.9 Å². The van der Waals surface area contributed by atoms with Gasteiger partial charge in [0.15, 0.2) is 0 Å². The largest absolute Gasteiger partial charge is 0.507 e. The highest BCUT2D eigenvalue weighted by Crippen LogP contribution is 2.26. The summed E-state index contributed by atoms with van der Waals surface area (Å²) in [6, 6.07) is 27.7. The van der Waals surface area contributed by atoms with Gasteiger partial charge in [0.1, 0.15) is 11.5 Å². The highest BCUT2D eigenvalue weighted by molar-refractivity contribution is 5.87. The number of aliphatic imine (C=N–C) groups is 2. The monoisotopic (exact) mass is 548 g/mol. The third-order valence-electron chi connectivity index (χ3n) is 7.27. The first-order valence-corrected chi connectivity index (χ1v) is 14.4. The first-order valence-electron chi connectivity index (χ1n) is 14.4. The van der Waals surface area contributed by atoms with Crippen molar-refractivity contribution < 1.29 is 10.2 Å². The molecule has 212 valence electrons. The van der Waals surface area contributed by atoms with Gasteiger partial charge in [-0.2, -0.15) is 0 Å². The first-order chi connectivity index (χ1) is 19.9. The third kappa shape index (κ3) is 7.76. The number of nitrogens with zero attached hydrogens (tertiary/aromatic N) is 4. The molecular formula is C35H40N4O2. The molecule has 6 heteroatoms. The number of hydrogen-bond donors (Lipinski definition) is 2. The van der Waals surface area contributed by atoms with Gasteiger partial charge in [0.05, 0.1) is 11.4 Å². The maximum Gasteiger partial charge on any atom is 0.126 e. The van der Waals surface area contributed by atoms with Gasteiger partial charge in [-0.05, 0) is 93.8 Å². The Morgan fingerprint density at radius 1 is 0.537 bits per heavy atom. The van der Waals surface area contributed by atoms with E-state index in [0.717, 1.165) is 55.3 Å². The van der Waals surface area contributed by atoms with Crippen LogP contribution in [0.25, 0.3) is 0 Å². The van der Waals surface area contributed by atoms with Crippen molar-refractivity contribution in [1.29, 1.82) is 0 Å². The normalized spacial score (nSPS) is 11.4. The van der Waals surface area contributed by atoms with Crippen molar-refractivity contribution in [2.24, 2.45) is 9.98 Å². The Kier molecular flexibility index (Phi) is 10.2. The number of rotatable bonds is 12. The molecule has 0 unspecified atom stereocenters. The average molecular weight is 549 g/mol. The Morgan fingerprint density at radius 2 is 0.902 bits per heavy atom. The lowest BCUT2D eigenvalue weighted by Crippen LogP contribution is -2.21. The van der Waals surface area contributed by atoms with Crippen LogP contribution in [-0.2, 0) is 6.42 Å². The van der Waals surface area contributed by atoms with Crippen molar-refractivity contribution in [3.63, 3.8) is 0 Å². The Morgan fingerprint density at radius 3 is 1.22 bits per heavy atom. The first kappa shape index (κ1) is 29.4. The second-order valence-corrected chi connectivity index (χ2v) is 9.86. The maximum absolute atomic E-state index is 10.4. The second-order valence-electron chi connectivity index (χ2n) is 9.86. The topological polar surface area (TPSA) is 71.7 Å².